The Morgan fingerprint density at radius 1 is 1.22 bits per heavy atom. The number of rotatable bonds is 6. The van der Waals surface area contributed by atoms with Crippen LogP contribution in [-0.4, -0.2) is 78.6 Å². The maximum atomic E-state index is 13.0. The molecule has 1 aliphatic rings. The van der Waals surface area contributed by atoms with Crippen LogP contribution >= 0.6 is 0 Å². The lowest BCUT2D eigenvalue weighted by atomic mass is 10.0. The zero-order chi connectivity index (χ0) is 16.8. The van der Waals surface area contributed by atoms with Gasteiger partial charge in [0.2, 0.25) is 5.91 Å². The summed E-state index contributed by atoms with van der Waals surface area (Å²) in [6, 6.07) is 9.78. The van der Waals surface area contributed by atoms with E-state index in [-0.39, 0.29) is 18.1 Å². The Kier molecular flexibility index (Phi) is 6.57. The first-order chi connectivity index (χ1) is 11.0. The van der Waals surface area contributed by atoms with Crippen LogP contribution in [0.15, 0.2) is 30.3 Å². The molecule has 1 aliphatic heterocycles. The first-order valence-corrected chi connectivity index (χ1v) is 8.39. The van der Waals surface area contributed by atoms with Crippen molar-refractivity contribution in [3.05, 3.63) is 35.9 Å². The average Bonchev–Trinajstić information content (AvgIpc) is 2.55. The van der Waals surface area contributed by atoms with Gasteiger partial charge in [0.15, 0.2) is 0 Å². The minimum absolute atomic E-state index is 0.112. The van der Waals surface area contributed by atoms with Crippen LogP contribution < -0.4 is 0 Å². The van der Waals surface area contributed by atoms with Crippen molar-refractivity contribution in [3.63, 3.8) is 0 Å². The zero-order valence-corrected chi connectivity index (χ0v) is 14.5. The summed E-state index contributed by atoms with van der Waals surface area (Å²) in [5.41, 5.74) is 1.05. The molecule has 0 aromatic heterocycles. The molecule has 0 radical (unpaired) electrons. The number of carbonyl (C=O) groups is 1. The van der Waals surface area contributed by atoms with Crippen LogP contribution in [-0.2, 0) is 4.79 Å². The quantitative estimate of drug-likeness (QED) is 0.856. The van der Waals surface area contributed by atoms with Gasteiger partial charge in [0.05, 0.1) is 6.10 Å². The fourth-order valence-corrected chi connectivity index (χ4v) is 2.92. The second-order valence-electron chi connectivity index (χ2n) is 6.55. The Hall–Kier alpha value is -1.43. The molecule has 0 spiro atoms. The van der Waals surface area contributed by atoms with Crippen molar-refractivity contribution in [1.29, 1.82) is 0 Å². The molecule has 1 N–H and O–H groups in total. The topological polar surface area (TPSA) is 47.0 Å². The van der Waals surface area contributed by atoms with Gasteiger partial charge in [-0.05, 0) is 26.0 Å². The molecule has 2 unspecified atom stereocenters. The van der Waals surface area contributed by atoms with Gasteiger partial charge < -0.3 is 14.9 Å². The summed E-state index contributed by atoms with van der Waals surface area (Å²) in [7, 11) is 3.95. The van der Waals surface area contributed by atoms with Crippen molar-refractivity contribution in [2.75, 3.05) is 46.8 Å². The van der Waals surface area contributed by atoms with Crippen LogP contribution in [0.2, 0.25) is 0 Å². The van der Waals surface area contributed by atoms with Gasteiger partial charge in [-0.25, -0.2) is 0 Å². The summed E-state index contributed by atoms with van der Waals surface area (Å²) in [5.74, 6) is 0.112. The third-order valence-electron chi connectivity index (χ3n) is 4.51. The van der Waals surface area contributed by atoms with Gasteiger partial charge in [-0.2, -0.15) is 0 Å². The molecule has 2 atom stereocenters. The first-order valence-electron chi connectivity index (χ1n) is 8.39. The predicted molar refractivity (Wildman–Crippen MR) is 92.2 cm³/mol. The zero-order valence-electron chi connectivity index (χ0n) is 14.5. The molecule has 128 valence electrons. The summed E-state index contributed by atoms with van der Waals surface area (Å²) >= 11 is 0. The lowest BCUT2D eigenvalue weighted by Gasteiger charge is -2.38. The van der Waals surface area contributed by atoms with E-state index in [1.165, 1.54) is 0 Å². The summed E-state index contributed by atoms with van der Waals surface area (Å²) in [5, 5.41) is 9.46. The van der Waals surface area contributed by atoms with E-state index in [1.54, 1.807) is 11.8 Å². The SMILES string of the molecule is CC(O)CCN(C)C(=O)C(c1ccccc1)N1CCN(C)CC1. The van der Waals surface area contributed by atoms with E-state index in [2.05, 4.69) is 16.8 Å². The minimum Gasteiger partial charge on any atom is -0.393 e. The number of aliphatic hydroxyl groups excluding tert-OH is 1. The van der Waals surface area contributed by atoms with Crippen LogP contribution in [0.1, 0.15) is 24.9 Å². The predicted octanol–water partition coefficient (Wildman–Crippen LogP) is 1.20. The van der Waals surface area contributed by atoms with Crippen LogP contribution in [0.5, 0.6) is 0 Å². The molecule has 1 fully saturated rings. The van der Waals surface area contributed by atoms with Crippen LogP contribution in [0, 0.1) is 0 Å². The van der Waals surface area contributed by atoms with Crippen molar-refractivity contribution < 1.29 is 9.90 Å². The number of piperazine rings is 1. The number of carbonyl (C=O) groups excluding carboxylic acids is 1. The smallest absolute Gasteiger partial charge is 0.244 e. The van der Waals surface area contributed by atoms with Crippen LogP contribution in [0.3, 0.4) is 0 Å². The highest BCUT2D eigenvalue weighted by molar-refractivity contribution is 5.83. The van der Waals surface area contributed by atoms with E-state index in [0.29, 0.717) is 13.0 Å². The number of benzene rings is 1. The molecule has 1 heterocycles. The van der Waals surface area contributed by atoms with E-state index in [1.807, 2.05) is 37.4 Å². The highest BCUT2D eigenvalue weighted by atomic mass is 16.3. The second kappa shape index (κ2) is 8.43. The van der Waals surface area contributed by atoms with E-state index in [4.69, 9.17) is 0 Å². The van der Waals surface area contributed by atoms with Crippen molar-refractivity contribution in [2.24, 2.45) is 0 Å². The van der Waals surface area contributed by atoms with Crippen LogP contribution in [0.4, 0.5) is 0 Å². The average molecular weight is 319 g/mol. The molecule has 1 aromatic carbocycles. The largest absolute Gasteiger partial charge is 0.393 e. The molecule has 23 heavy (non-hydrogen) atoms. The van der Waals surface area contributed by atoms with Gasteiger partial charge in [-0.3, -0.25) is 9.69 Å². The van der Waals surface area contributed by atoms with E-state index < -0.39 is 0 Å². The lowest BCUT2D eigenvalue weighted by molar-refractivity contribution is -0.137. The van der Waals surface area contributed by atoms with Gasteiger partial charge in [-0.1, -0.05) is 30.3 Å². The molecule has 0 bridgehead atoms. The van der Waals surface area contributed by atoms with Gasteiger partial charge >= 0.3 is 0 Å². The summed E-state index contributed by atoms with van der Waals surface area (Å²) in [4.78, 5) is 19.3. The molecule has 0 saturated carbocycles. The van der Waals surface area contributed by atoms with Crippen molar-refractivity contribution in [2.45, 2.75) is 25.5 Å². The molecule has 1 aromatic rings. The molecular formula is C18H29N3O2. The molecule has 2 rings (SSSR count). The number of hydrogen-bond donors (Lipinski definition) is 1. The van der Waals surface area contributed by atoms with Gasteiger partial charge in [0.1, 0.15) is 6.04 Å². The molecule has 5 heteroatoms. The number of nitrogens with zero attached hydrogens (tertiary/aromatic N) is 3. The highest BCUT2D eigenvalue weighted by Gasteiger charge is 2.31. The van der Waals surface area contributed by atoms with Crippen molar-refractivity contribution >= 4 is 5.91 Å². The third kappa shape index (κ3) is 5.03. The Morgan fingerprint density at radius 3 is 2.39 bits per heavy atom. The number of hydrogen-bond acceptors (Lipinski definition) is 4. The summed E-state index contributed by atoms with van der Waals surface area (Å²) < 4.78 is 0. The second-order valence-corrected chi connectivity index (χ2v) is 6.55. The maximum absolute atomic E-state index is 13.0. The fourth-order valence-electron chi connectivity index (χ4n) is 2.92. The summed E-state index contributed by atoms with van der Waals surface area (Å²) in [6.45, 7) is 6.08. The minimum atomic E-state index is -0.385. The van der Waals surface area contributed by atoms with Gasteiger partial charge in [-0.15, -0.1) is 0 Å². The molecule has 0 aliphatic carbocycles. The summed E-state index contributed by atoms with van der Waals surface area (Å²) in [6.07, 6.45) is 0.219. The Morgan fingerprint density at radius 2 is 1.83 bits per heavy atom. The van der Waals surface area contributed by atoms with Gasteiger partial charge in [0, 0.05) is 39.8 Å². The molecule has 1 amide bonds. The third-order valence-corrected chi connectivity index (χ3v) is 4.51. The molecular weight excluding hydrogens is 290 g/mol. The highest BCUT2D eigenvalue weighted by Crippen LogP contribution is 2.24. The standard InChI is InChI=1S/C18H29N3O2/c1-15(22)9-10-20(3)18(23)17(16-7-5-4-6-8-16)21-13-11-19(2)12-14-21/h4-8,15,17,22H,9-14H2,1-3H3. The number of likely N-dealkylation sites (N-methyl/N-ethyl adjacent to an activating group) is 2. The maximum Gasteiger partial charge on any atom is 0.244 e. The number of aliphatic hydroxyl groups is 1. The van der Waals surface area contributed by atoms with Crippen LogP contribution in [0.25, 0.3) is 0 Å². The van der Waals surface area contributed by atoms with E-state index >= 15 is 0 Å². The first kappa shape index (κ1) is 17.9. The molecule has 1 saturated heterocycles. The Bertz CT molecular complexity index is 484. The van der Waals surface area contributed by atoms with Crippen molar-refractivity contribution in [3.8, 4) is 0 Å². The fraction of sp³-hybridized carbons (Fsp3) is 0.611. The van der Waals surface area contributed by atoms with Crippen molar-refractivity contribution in [1.82, 2.24) is 14.7 Å². The Labute approximate surface area is 139 Å². The normalized spacial score (nSPS) is 19.3. The Balaban J connectivity index is 2.14. The monoisotopic (exact) mass is 319 g/mol. The number of amides is 1. The lowest BCUT2D eigenvalue weighted by Crippen LogP contribution is -2.50. The van der Waals surface area contributed by atoms with Gasteiger partial charge in [0.25, 0.3) is 0 Å². The molecule has 5 nitrogen and oxygen atoms in total. The van der Waals surface area contributed by atoms with E-state index in [9.17, 15) is 9.90 Å². The van der Waals surface area contributed by atoms with E-state index in [0.717, 1.165) is 31.7 Å².